The van der Waals surface area contributed by atoms with Crippen LogP contribution in [0, 0.1) is 0 Å². The van der Waals surface area contributed by atoms with Crippen LogP contribution in [0.5, 0.6) is 0 Å². The monoisotopic (exact) mass is 228 g/mol. The minimum Gasteiger partial charge on any atom is -0.478 e. The van der Waals surface area contributed by atoms with Crippen LogP contribution in [-0.4, -0.2) is 22.2 Å². The molecule has 0 rings (SSSR count). The SMILES string of the molecule is C=C(CC)C(=O)O.C=C(CCCC)C(=O)O. The summed E-state index contributed by atoms with van der Waals surface area (Å²) in [6.07, 6.45) is 3.08. The molecule has 0 aromatic carbocycles. The van der Waals surface area contributed by atoms with Crippen molar-refractivity contribution < 1.29 is 19.8 Å². The zero-order chi connectivity index (χ0) is 13.1. The summed E-state index contributed by atoms with van der Waals surface area (Å²) in [4.78, 5) is 19.9. The number of carboxylic acid groups (broad SMARTS) is 2. The summed E-state index contributed by atoms with van der Waals surface area (Å²) >= 11 is 0. The molecule has 92 valence electrons. The molecule has 0 fully saturated rings. The van der Waals surface area contributed by atoms with Gasteiger partial charge in [0.05, 0.1) is 0 Å². The Bertz CT molecular complexity index is 266. The summed E-state index contributed by atoms with van der Waals surface area (Å²) in [7, 11) is 0. The maximum atomic E-state index is 10.1. The molecule has 0 aliphatic rings. The first kappa shape index (κ1) is 16.8. The third-order valence-corrected chi connectivity index (χ3v) is 1.86. The average Bonchev–Trinajstić information content (AvgIpc) is 2.25. The Kier molecular flexibility index (Phi) is 10.5. The van der Waals surface area contributed by atoms with Crippen molar-refractivity contribution in [1.29, 1.82) is 0 Å². The van der Waals surface area contributed by atoms with Crippen molar-refractivity contribution in [3.8, 4) is 0 Å². The second-order valence-corrected chi connectivity index (χ2v) is 3.27. The zero-order valence-electron chi connectivity index (χ0n) is 9.95. The molecule has 4 nitrogen and oxygen atoms in total. The summed E-state index contributed by atoms with van der Waals surface area (Å²) in [5.41, 5.74) is 0.580. The van der Waals surface area contributed by atoms with Gasteiger partial charge in [0.25, 0.3) is 0 Å². The summed E-state index contributed by atoms with van der Waals surface area (Å²) in [5, 5.41) is 16.4. The van der Waals surface area contributed by atoms with E-state index in [1.54, 1.807) is 6.92 Å². The quantitative estimate of drug-likeness (QED) is 0.685. The van der Waals surface area contributed by atoms with Crippen molar-refractivity contribution in [3.63, 3.8) is 0 Å². The fraction of sp³-hybridized carbons (Fsp3) is 0.500. The Morgan fingerprint density at radius 2 is 1.44 bits per heavy atom. The molecule has 0 aliphatic carbocycles. The summed E-state index contributed by atoms with van der Waals surface area (Å²) in [6.45, 7) is 10.4. The van der Waals surface area contributed by atoms with Crippen LogP contribution in [0.3, 0.4) is 0 Å². The molecule has 0 amide bonds. The highest BCUT2D eigenvalue weighted by molar-refractivity contribution is 5.85. The molecule has 0 saturated heterocycles. The minimum atomic E-state index is -0.900. The molecule has 0 spiro atoms. The van der Waals surface area contributed by atoms with Gasteiger partial charge < -0.3 is 10.2 Å². The van der Waals surface area contributed by atoms with Gasteiger partial charge in [0.2, 0.25) is 0 Å². The molecular weight excluding hydrogens is 208 g/mol. The van der Waals surface area contributed by atoms with E-state index in [0.29, 0.717) is 18.4 Å². The molecule has 0 unspecified atom stereocenters. The third-order valence-electron chi connectivity index (χ3n) is 1.86. The van der Waals surface area contributed by atoms with Crippen molar-refractivity contribution in [3.05, 3.63) is 24.3 Å². The van der Waals surface area contributed by atoms with Gasteiger partial charge in [-0.15, -0.1) is 0 Å². The van der Waals surface area contributed by atoms with Crippen LogP contribution in [-0.2, 0) is 9.59 Å². The van der Waals surface area contributed by atoms with Gasteiger partial charge in [0, 0.05) is 11.1 Å². The van der Waals surface area contributed by atoms with Crippen molar-refractivity contribution in [2.75, 3.05) is 0 Å². The van der Waals surface area contributed by atoms with Gasteiger partial charge in [-0.1, -0.05) is 33.4 Å². The van der Waals surface area contributed by atoms with Gasteiger partial charge in [-0.05, 0) is 19.3 Å². The first-order valence-electron chi connectivity index (χ1n) is 5.18. The number of unbranched alkanes of at least 4 members (excludes halogenated alkanes) is 1. The fourth-order valence-electron chi connectivity index (χ4n) is 0.648. The fourth-order valence-corrected chi connectivity index (χ4v) is 0.648. The molecule has 0 radical (unpaired) electrons. The minimum absolute atomic E-state index is 0.264. The maximum absolute atomic E-state index is 10.1. The van der Waals surface area contributed by atoms with Crippen LogP contribution in [0.4, 0.5) is 0 Å². The molecule has 0 atom stereocenters. The highest BCUT2D eigenvalue weighted by Gasteiger charge is 2.00. The van der Waals surface area contributed by atoms with Crippen molar-refractivity contribution in [2.24, 2.45) is 0 Å². The van der Waals surface area contributed by atoms with E-state index in [-0.39, 0.29) is 5.57 Å². The Hall–Kier alpha value is -1.58. The standard InChI is InChI=1S/C7H12O2.C5H8O2/c1-3-4-5-6(2)7(8)9;1-3-4(2)5(6)7/h2-5H2,1H3,(H,8,9);2-3H2,1H3,(H,6,7). The lowest BCUT2D eigenvalue weighted by Gasteiger charge is -1.95. The van der Waals surface area contributed by atoms with E-state index < -0.39 is 11.9 Å². The van der Waals surface area contributed by atoms with Crippen molar-refractivity contribution >= 4 is 11.9 Å². The topological polar surface area (TPSA) is 74.6 Å². The van der Waals surface area contributed by atoms with E-state index in [1.807, 2.05) is 6.92 Å². The van der Waals surface area contributed by atoms with Gasteiger partial charge in [-0.2, -0.15) is 0 Å². The lowest BCUT2D eigenvalue weighted by molar-refractivity contribution is -0.133. The van der Waals surface area contributed by atoms with Crippen molar-refractivity contribution in [2.45, 2.75) is 39.5 Å². The first-order chi connectivity index (χ1) is 7.36. The van der Waals surface area contributed by atoms with Crippen LogP contribution in [0.1, 0.15) is 39.5 Å². The number of hydrogen-bond donors (Lipinski definition) is 2. The van der Waals surface area contributed by atoms with Crippen LogP contribution < -0.4 is 0 Å². The number of carboxylic acids is 2. The van der Waals surface area contributed by atoms with E-state index in [2.05, 4.69) is 13.2 Å². The smallest absolute Gasteiger partial charge is 0.330 e. The summed E-state index contributed by atoms with van der Waals surface area (Å²) in [6, 6.07) is 0. The highest BCUT2D eigenvalue weighted by atomic mass is 16.4. The molecule has 2 N–H and O–H groups in total. The zero-order valence-corrected chi connectivity index (χ0v) is 9.95. The predicted octanol–water partition coefficient (Wildman–Crippen LogP) is 2.85. The first-order valence-corrected chi connectivity index (χ1v) is 5.18. The van der Waals surface area contributed by atoms with Gasteiger partial charge in [-0.25, -0.2) is 9.59 Å². The van der Waals surface area contributed by atoms with E-state index in [4.69, 9.17) is 10.2 Å². The number of hydrogen-bond acceptors (Lipinski definition) is 2. The Morgan fingerprint density at radius 1 is 1.00 bits per heavy atom. The van der Waals surface area contributed by atoms with Crippen molar-refractivity contribution in [1.82, 2.24) is 0 Å². The number of aliphatic carboxylic acids is 2. The molecule has 0 aliphatic heterocycles. The van der Waals surface area contributed by atoms with Gasteiger partial charge >= 0.3 is 11.9 Å². The summed E-state index contributed by atoms with van der Waals surface area (Å²) < 4.78 is 0. The lowest BCUT2D eigenvalue weighted by atomic mass is 10.1. The molecule has 0 heterocycles. The molecule has 0 bridgehead atoms. The van der Waals surface area contributed by atoms with Crippen LogP contribution in [0.25, 0.3) is 0 Å². The predicted molar refractivity (Wildman–Crippen MR) is 63.4 cm³/mol. The van der Waals surface area contributed by atoms with Crippen LogP contribution in [0.2, 0.25) is 0 Å². The Morgan fingerprint density at radius 3 is 1.62 bits per heavy atom. The number of rotatable bonds is 6. The molecule has 0 aromatic rings. The van der Waals surface area contributed by atoms with Gasteiger partial charge in [-0.3, -0.25) is 0 Å². The van der Waals surface area contributed by atoms with E-state index in [1.165, 1.54) is 0 Å². The number of carbonyl (C=O) groups is 2. The van der Waals surface area contributed by atoms with Gasteiger partial charge in [0.15, 0.2) is 0 Å². The molecular formula is C12H20O4. The second kappa shape index (κ2) is 9.96. The largest absolute Gasteiger partial charge is 0.478 e. The van der Waals surface area contributed by atoms with Crippen LogP contribution in [0.15, 0.2) is 24.3 Å². The normalized spacial score (nSPS) is 8.62. The third kappa shape index (κ3) is 10.5. The second-order valence-electron chi connectivity index (χ2n) is 3.27. The van der Waals surface area contributed by atoms with E-state index >= 15 is 0 Å². The highest BCUT2D eigenvalue weighted by Crippen LogP contribution is 2.03. The van der Waals surface area contributed by atoms with Crippen LogP contribution >= 0.6 is 0 Å². The lowest BCUT2D eigenvalue weighted by Crippen LogP contribution is -1.97. The van der Waals surface area contributed by atoms with Gasteiger partial charge in [0.1, 0.15) is 0 Å². The molecule has 16 heavy (non-hydrogen) atoms. The van der Waals surface area contributed by atoms with E-state index in [0.717, 1.165) is 12.8 Å². The molecule has 4 heteroatoms. The summed E-state index contributed by atoms with van der Waals surface area (Å²) in [5.74, 6) is -1.77. The Balaban J connectivity index is 0. The maximum Gasteiger partial charge on any atom is 0.330 e. The molecule has 0 saturated carbocycles. The molecule has 0 aromatic heterocycles. The van der Waals surface area contributed by atoms with E-state index in [9.17, 15) is 9.59 Å². The Labute approximate surface area is 96.3 Å². The average molecular weight is 228 g/mol.